The quantitative estimate of drug-likeness (QED) is 0.693. The van der Waals surface area contributed by atoms with Crippen molar-refractivity contribution in [2.45, 2.75) is 32.8 Å². The highest BCUT2D eigenvalue weighted by Crippen LogP contribution is 2.18. The summed E-state index contributed by atoms with van der Waals surface area (Å²) in [6, 6.07) is 0. The van der Waals surface area contributed by atoms with Crippen molar-refractivity contribution >= 4 is 17.7 Å². The maximum atomic E-state index is 10.4. The van der Waals surface area contributed by atoms with Crippen molar-refractivity contribution in [1.29, 1.82) is 0 Å². The molecule has 78 valence electrons. The van der Waals surface area contributed by atoms with Gasteiger partial charge < -0.3 is 10.2 Å². The van der Waals surface area contributed by atoms with Gasteiger partial charge in [-0.2, -0.15) is 11.8 Å². The summed E-state index contributed by atoms with van der Waals surface area (Å²) in [6.07, 6.45) is 0.696. The zero-order valence-corrected chi connectivity index (χ0v) is 9.23. The molecule has 0 radical (unpaired) electrons. The maximum Gasteiger partial charge on any atom is 0.307 e. The predicted molar refractivity (Wildman–Crippen MR) is 55.0 cm³/mol. The Morgan fingerprint density at radius 1 is 1.62 bits per heavy atom. The van der Waals surface area contributed by atoms with Crippen molar-refractivity contribution < 1.29 is 15.0 Å². The van der Waals surface area contributed by atoms with Gasteiger partial charge in [0.2, 0.25) is 0 Å². The number of carboxylic acid groups (broad SMARTS) is 1. The smallest absolute Gasteiger partial charge is 0.307 e. The summed E-state index contributed by atoms with van der Waals surface area (Å²) >= 11 is 1.49. The van der Waals surface area contributed by atoms with Gasteiger partial charge in [-0.25, -0.2) is 0 Å². The van der Waals surface area contributed by atoms with Gasteiger partial charge in [0.15, 0.2) is 0 Å². The highest BCUT2D eigenvalue weighted by molar-refractivity contribution is 7.99. The van der Waals surface area contributed by atoms with Gasteiger partial charge in [-0.3, -0.25) is 4.79 Å². The highest BCUT2D eigenvalue weighted by atomic mass is 32.2. The second-order valence-corrected chi connectivity index (χ2v) is 4.64. The van der Waals surface area contributed by atoms with Crippen LogP contribution in [0.25, 0.3) is 0 Å². The van der Waals surface area contributed by atoms with E-state index in [9.17, 15) is 9.90 Å². The van der Waals surface area contributed by atoms with E-state index < -0.39 is 11.6 Å². The summed E-state index contributed by atoms with van der Waals surface area (Å²) in [4.78, 5) is 10.4. The first kappa shape index (κ1) is 12.8. The van der Waals surface area contributed by atoms with Crippen LogP contribution >= 0.6 is 11.8 Å². The summed E-state index contributed by atoms with van der Waals surface area (Å²) in [5.74, 6) is 0.0494. The molecular formula is C9H18O3S. The van der Waals surface area contributed by atoms with Crippen molar-refractivity contribution in [1.82, 2.24) is 0 Å². The molecule has 0 aromatic carbocycles. The topological polar surface area (TPSA) is 57.5 Å². The summed E-state index contributed by atoms with van der Waals surface area (Å²) in [5, 5.41) is 18.2. The molecule has 0 aromatic rings. The fourth-order valence-corrected chi connectivity index (χ4v) is 1.89. The minimum absolute atomic E-state index is 0.336. The number of carbonyl (C=O) groups is 1. The van der Waals surface area contributed by atoms with Crippen LogP contribution in [0.3, 0.4) is 0 Å². The van der Waals surface area contributed by atoms with Crippen LogP contribution in [0.2, 0.25) is 0 Å². The minimum atomic E-state index is -0.774. The Bertz CT molecular complexity index is 168. The second kappa shape index (κ2) is 5.50. The molecule has 2 N–H and O–H groups in total. The van der Waals surface area contributed by atoms with Gasteiger partial charge in [-0.15, -0.1) is 0 Å². The SMILES string of the molecule is CCC(C)(O)CSCC(C)C(=O)O. The van der Waals surface area contributed by atoms with E-state index in [1.165, 1.54) is 11.8 Å². The number of aliphatic hydroxyl groups is 1. The molecule has 0 saturated heterocycles. The molecule has 0 heterocycles. The van der Waals surface area contributed by atoms with Crippen molar-refractivity contribution in [3.8, 4) is 0 Å². The first-order valence-electron chi connectivity index (χ1n) is 4.42. The Labute approximate surface area is 83.5 Å². The third-order valence-corrected chi connectivity index (χ3v) is 3.53. The Kier molecular flexibility index (Phi) is 5.40. The lowest BCUT2D eigenvalue weighted by molar-refractivity contribution is -0.140. The van der Waals surface area contributed by atoms with Crippen LogP contribution in [0.4, 0.5) is 0 Å². The lowest BCUT2D eigenvalue weighted by Crippen LogP contribution is -2.26. The zero-order valence-electron chi connectivity index (χ0n) is 8.41. The fourth-order valence-electron chi connectivity index (χ4n) is 0.629. The molecule has 2 unspecified atom stereocenters. The lowest BCUT2D eigenvalue weighted by atomic mass is 10.1. The second-order valence-electron chi connectivity index (χ2n) is 3.60. The number of rotatable bonds is 6. The highest BCUT2D eigenvalue weighted by Gasteiger charge is 2.19. The normalized spacial score (nSPS) is 17.8. The van der Waals surface area contributed by atoms with E-state index in [4.69, 9.17) is 5.11 Å². The van der Waals surface area contributed by atoms with Crippen LogP contribution < -0.4 is 0 Å². The third-order valence-electron chi connectivity index (χ3n) is 1.96. The van der Waals surface area contributed by atoms with Gasteiger partial charge in [0.05, 0.1) is 11.5 Å². The molecule has 13 heavy (non-hydrogen) atoms. The van der Waals surface area contributed by atoms with Gasteiger partial charge in [0, 0.05) is 11.5 Å². The standard InChI is InChI=1S/C9H18O3S/c1-4-9(3,12)6-13-5-7(2)8(10)11/h7,12H,4-6H2,1-3H3,(H,10,11). The molecule has 4 heteroatoms. The molecule has 0 amide bonds. The van der Waals surface area contributed by atoms with Gasteiger partial charge >= 0.3 is 5.97 Å². The number of carboxylic acids is 1. The molecule has 0 aliphatic carbocycles. The average Bonchev–Trinajstić information content (AvgIpc) is 2.04. The molecule has 0 saturated carbocycles. The lowest BCUT2D eigenvalue weighted by Gasteiger charge is -2.20. The molecule has 0 rings (SSSR count). The van der Waals surface area contributed by atoms with E-state index in [-0.39, 0.29) is 5.92 Å². The molecule has 0 aliphatic heterocycles. The van der Waals surface area contributed by atoms with Crippen LogP contribution in [-0.2, 0) is 4.79 Å². The molecule has 3 nitrogen and oxygen atoms in total. The van der Waals surface area contributed by atoms with Gasteiger partial charge in [-0.05, 0) is 13.3 Å². The van der Waals surface area contributed by atoms with E-state index in [1.807, 2.05) is 6.92 Å². The van der Waals surface area contributed by atoms with Crippen LogP contribution in [0.5, 0.6) is 0 Å². The van der Waals surface area contributed by atoms with Crippen LogP contribution in [0, 0.1) is 5.92 Å². The van der Waals surface area contributed by atoms with Crippen LogP contribution in [0.1, 0.15) is 27.2 Å². The minimum Gasteiger partial charge on any atom is -0.481 e. The van der Waals surface area contributed by atoms with E-state index >= 15 is 0 Å². The third kappa shape index (κ3) is 5.93. The molecular weight excluding hydrogens is 188 g/mol. The predicted octanol–water partition coefficient (Wildman–Crippen LogP) is 1.60. The molecule has 0 bridgehead atoms. The molecule has 0 aromatic heterocycles. The number of thioether (sulfide) groups is 1. The van der Waals surface area contributed by atoms with Crippen molar-refractivity contribution in [2.75, 3.05) is 11.5 Å². The Hall–Kier alpha value is -0.220. The summed E-state index contributed by atoms with van der Waals surface area (Å²) in [5.41, 5.74) is -0.664. The van der Waals surface area contributed by atoms with Crippen molar-refractivity contribution in [3.05, 3.63) is 0 Å². The summed E-state index contributed by atoms with van der Waals surface area (Å²) in [6.45, 7) is 5.36. The van der Waals surface area contributed by atoms with Gasteiger partial charge in [0.1, 0.15) is 0 Å². The van der Waals surface area contributed by atoms with Crippen molar-refractivity contribution in [2.24, 2.45) is 5.92 Å². The van der Waals surface area contributed by atoms with E-state index in [1.54, 1.807) is 13.8 Å². The monoisotopic (exact) mass is 206 g/mol. The summed E-state index contributed by atoms with van der Waals surface area (Å²) < 4.78 is 0. The molecule has 2 atom stereocenters. The fraction of sp³-hybridized carbons (Fsp3) is 0.889. The van der Waals surface area contributed by atoms with E-state index in [2.05, 4.69) is 0 Å². The molecule has 0 fully saturated rings. The number of hydrogen-bond donors (Lipinski definition) is 2. The molecule has 0 spiro atoms. The largest absolute Gasteiger partial charge is 0.481 e. The number of hydrogen-bond acceptors (Lipinski definition) is 3. The van der Waals surface area contributed by atoms with Gasteiger partial charge in [-0.1, -0.05) is 13.8 Å². The van der Waals surface area contributed by atoms with Crippen molar-refractivity contribution in [3.63, 3.8) is 0 Å². The number of aliphatic carboxylic acids is 1. The molecule has 0 aliphatic rings. The zero-order chi connectivity index (χ0) is 10.5. The Morgan fingerprint density at radius 3 is 2.54 bits per heavy atom. The Morgan fingerprint density at radius 2 is 2.15 bits per heavy atom. The Balaban J connectivity index is 3.62. The summed E-state index contributed by atoms with van der Waals surface area (Å²) in [7, 11) is 0. The van der Waals surface area contributed by atoms with Gasteiger partial charge in [0.25, 0.3) is 0 Å². The first-order valence-corrected chi connectivity index (χ1v) is 5.57. The van der Waals surface area contributed by atoms with Crippen LogP contribution in [0.15, 0.2) is 0 Å². The van der Waals surface area contributed by atoms with Crippen LogP contribution in [-0.4, -0.2) is 33.3 Å². The van der Waals surface area contributed by atoms with E-state index in [0.717, 1.165) is 0 Å². The maximum absolute atomic E-state index is 10.4. The van der Waals surface area contributed by atoms with E-state index in [0.29, 0.717) is 17.9 Å². The average molecular weight is 206 g/mol. The first-order chi connectivity index (χ1) is 5.89.